The molecule has 1 atom stereocenters. The number of carbonyl (C=O) groups is 2. The maximum Gasteiger partial charge on any atom is 0.279 e. The summed E-state index contributed by atoms with van der Waals surface area (Å²) in [6, 6.07) is 6.99. The standard InChI is InChI=1S/C18H26ClN3O2/c1-3-10-22(11-14-4-5-14)18(24)13-21(2)12-17(23)20-16-8-6-15(19)7-9-16/h6-9,14H,3-5,10-13H2,1-2H3,(H,20,23)/p+1. The summed E-state index contributed by atoms with van der Waals surface area (Å²) in [5, 5.41) is 3.46. The van der Waals surface area contributed by atoms with E-state index in [1.165, 1.54) is 12.8 Å². The zero-order valence-electron chi connectivity index (χ0n) is 14.5. The molecular weight excluding hydrogens is 326 g/mol. The maximum atomic E-state index is 12.4. The number of anilines is 1. The fourth-order valence-corrected chi connectivity index (χ4v) is 2.77. The van der Waals surface area contributed by atoms with Crippen LogP contribution in [0, 0.1) is 5.92 Å². The van der Waals surface area contributed by atoms with E-state index in [0.29, 0.717) is 23.2 Å². The topological polar surface area (TPSA) is 53.9 Å². The molecule has 2 amide bonds. The van der Waals surface area contributed by atoms with Gasteiger partial charge in [0, 0.05) is 23.8 Å². The van der Waals surface area contributed by atoms with E-state index in [4.69, 9.17) is 11.6 Å². The third-order valence-corrected chi connectivity index (χ3v) is 4.32. The van der Waals surface area contributed by atoms with Gasteiger partial charge in [0.05, 0.1) is 7.05 Å². The van der Waals surface area contributed by atoms with Crippen molar-refractivity contribution in [1.82, 2.24) is 4.90 Å². The summed E-state index contributed by atoms with van der Waals surface area (Å²) >= 11 is 5.83. The molecule has 0 aliphatic heterocycles. The molecule has 1 aliphatic carbocycles. The van der Waals surface area contributed by atoms with Gasteiger partial charge in [0.1, 0.15) is 0 Å². The number of nitrogens with zero attached hydrogens (tertiary/aromatic N) is 1. The zero-order valence-corrected chi connectivity index (χ0v) is 15.2. The van der Waals surface area contributed by atoms with Crippen LogP contribution in [0.5, 0.6) is 0 Å². The lowest BCUT2D eigenvalue weighted by Gasteiger charge is -2.23. The van der Waals surface area contributed by atoms with E-state index in [0.717, 1.165) is 24.4 Å². The molecule has 0 saturated heterocycles. The Morgan fingerprint density at radius 3 is 2.50 bits per heavy atom. The highest BCUT2D eigenvalue weighted by Gasteiger charge is 2.27. The van der Waals surface area contributed by atoms with Crippen LogP contribution >= 0.6 is 11.6 Å². The molecule has 1 aromatic carbocycles. The average molecular weight is 353 g/mol. The van der Waals surface area contributed by atoms with Gasteiger partial charge in [0.2, 0.25) is 0 Å². The third kappa shape index (κ3) is 6.49. The van der Waals surface area contributed by atoms with E-state index < -0.39 is 0 Å². The van der Waals surface area contributed by atoms with Gasteiger partial charge in [-0.1, -0.05) is 18.5 Å². The molecule has 0 aromatic heterocycles. The lowest BCUT2D eigenvalue weighted by molar-refractivity contribution is -0.862. The fraction of sp³-hybridized carbons (Fsp3) is 0.556. The Morgan fingerprint density at radius 1 is 1.25 bits per heavy atom. The van der Waals surface area contributed by atoms with Crippen molar-refractivity contribution in [3.63, 3.8) is 0 Å². The monoisotopic (exact) mass is 352 g/mol. The highest BCUT2D eigenvalue weighted by molar-refractivity contribution is 6.30. The van der Waals surface area contributed by atoms with Crippen LogP contribution in [0.25, 0.3) is 0 Å². The SMILES string of the molecule is CCCN(CC1CC1)C(=O)C[NH+](C)CC(=O)Nc1ccc(Cl)cc1. The van der Waals surface area contributed by atoms with Crippen molar-refractivity contribution in [2.75, 3.05) is 38.5 Å². The largest absolute Gasteiger partial charge is 0.338 e. The maximum absolute atomic E-state index is 12.4. The number of amides is 2. The predicted octanol–water partition coefficient (Wildman–Crippen LogP) is 1.44. The molecule has 5 nitrogen and oxygen atoms in total. The Hall–Kier alpha value is -1.59. The number of halogens is 1. The molecule has 0 spiro atoms. The first-order chi connectivity index (χ1) is 11.5. The summed E-state index contributed by atoms with van der Waals surface area (Å²) in [5.41, 5.74) is 0.713. The Kier molecular flexibility index (Phi) is 7.06. The van der Waals surface area contributed by atoms with Gasteiger partial charge < -0.3 is 15.1 Å². The highest BCUT2D eigenvalue weighted by Crippen LogP contribution is 2.29. The van der Waals surface area contributed by atoms with Crippen molar-refractivity contribution in [1.29, 1.82) is 0 Å². The van der Waals surface area contributed by atoms with E-state index in [1.54, 1.807) is 24.3 Å². The summed E-state index contributed by atoms with van der Waals surface area (Å²) in [5.74, 6) is 0.724. The van der Waals surface area contributed by atoms with Crippen molar-refractivity contribution < 1.29 is 14.5 Å². The summed E-state index contributed by atoms with van der Waals surface area (Å²) in [6.45, 7) is 4.37. The second-order valence-electron chi connectivity index (χ2n) is 6.65. The normalized spacial score (nSPS) is 15.0. The minimum absolute atomic E-state index is 0.105. The first-order valence-electron chi connectivity index (χ1n) is 8.62. The summed E-state index contributed by atoms with van der Waals surface area (Å²) in [6.07, 6.45) is 3.44. The van der Waals surface area contributed by atoms with E-state index in [9.17, 15) is 9.59 Å². The summed E-state index contributed by atoms with van der Waals surface area (Å²) in [4.78, 5) is 27.4. The van der Waals surface area contributed by atoms with Crippen LogP contribution in [-0.2, 0) is 9.59 Å². The van der Waals surface area contributed by atoms with Crippen LogP contribution < -0.4 is 10.2 Å². The molecule has 0 heterocycles. The molecule has 132 valence electrons. The Balaban J connectivity index is 1.77. The number of quaternary nitrogens is 1. The van der Waals surface area contributed by atoms with Gasteiger partial charge >= 0.3 is 0 Å². The van der Waals surface area contributed by atoms with Gasteiger partial charge in [-0.2, -0.15) is 0 Å². The second-order valence-corrected chi connectivity index (χ2v) is 7.09. The zero-order chi connectivity index (χ0) is 17.5. The van der Waals surface area contributed by atoms with Gasteiger partial charge in [-0.3, -0.25) is 9.59 Å². The number of nitrogens with one attached hydrogen (secondary N) is 2. The number of carbonyl (C=O) groups excluding carboxylic acids is 2. The van der Waals surface area contributed by atoms with Crippen LogP contribution in [0.3, 0.4) is 0 Å². The summed E-state index contributed by atoms with van der Waals surface area (Å²) < 4.78 is 0. The number of rotatable bonds is 9. The third-order valence-electron chi connectivity index (χ3n) is 4.07. The Morgan fingerprint density at radius 2 is 1.92 bits per heavy atom. The molecule has 1 fully saturated rings. The molecule has 0 radical (unpaired) electrons. The lowest BCUT2D eigenvalue weighted by Crippen LogP contribution is -3.11. The number of benzene rings is 1. The molecule has 0 bridgehead atoms. The Labute approximate surface area is 149 Å². The molecule has 2 rings (SSSR count). The first-order valence-corrected chi connectivity index (χ1v) is 9.00. The van der Waals surface area contributed by atoms with Crippen LogP contribution in [0.2, 0.25) is 5.02 Å². The number of hydrogen-bond acceptors (Lipinski definition) is 2. The molecular formula is C18H27ClN3O2+. The molecule has 1 aromatic rings. The number of hydrogen-bond donors (Lipinski definition) is 2. The van der Waals surface area contributed by atoms with Crippen molar-refractivity contribution in [2.24, 2.45) is 5.92 Å². The van der Waals surface area contributed by atoms with Gasteiger partial charge in [-0.15, -0.1) is 0 Å². The van der Waals surface area contributed by atoms with Crippen LogP contribution in [0.15, 0.2) is 24.3 Å². The smallest absolute Gasteiger partial charge is 0.279 e. The highest BCUT2D eigenvalue weighted by atomic mass is 35.5. The minimum Gasteiger partial charge on any atom is -0.338 e. The van der Waals surface area contributed by atoms with Crippen molar-refractivity contribution in [3.8, 4) is 0 Å². The second kappa shape index (κ2) is 9.04. The minimum atomic E-state index is -0.105. The lowest BCUT2D eigenvalue weighted by atomic mass is 10.3. The van der Waals surface area contributed by atoms with Crippen LogP contribution in [-0.4, -0.2) is 49.9 Å². The van der Waals surface area contributed by atoms with Gasteiger partial charge in [0.25, 0.3) is 11.8 Å². The van der Waals surface area contributed by atoms with Crippen molar-refractivity contribution in [2.45, 2.75) is 26.2 Å². The molecule has 2 N–H and O–H groups in total. The quantitative estimate of drug-likeness (QED) is 0.706. The van der Waals surface area contributed by atoms with E-state index in [2.05, 4.69) is 12.2 Å². The first kappa shape index (κ1) is 18.7. The molecule has 1 aliphatic rings. The van der Waals surface area contributed by atoms with Gasteiger partial charge in [-0.25, -0.2) is 0 Å². The Bertz CT molecular complexity index is 558. The average Bonchev–Trinajstić information content (AvgIpc) is 3.33. The van der Waals surface area contributed by atoms with Gasteiger partial charge in [-0.05, 0) is 49.4 Å². The summed E-state index contributed by atoms with van der Waals surface area (Å²) in [7, 11) is 1.88. The number of likely N-dealkylation sites (N-methyl/N-ethyl adjacent to an activating group) is 1. The molecule has 1 saturated carbocycles. The predicted molar refractivity (Wildman–Crippen MR) is 96.3 cm³/mol. The van der Waals surface area contributed by atoms with Gasteiger partial charge in [0.15, 0.2) is 13.1 Å². The van der Waals surface area contributed by atoms with E-state index in [-0.39, 0.29) is 18.4 Å². The molecule has 1 unspecified atom stereocenters. The van der Waals surface area contributed by atoms with Crippen molar-refractivity contribution >= 4 is 29.1 Å². The fourth-order valence-electron chi connectivity index (χ4n) is 2.64. The molecule has 6 heteroatoms. The van der Waals surface area contributed by atoms with Crippen LogP contribution in [0.4, 0.5) is 5.69 Å². The van der Waals surface area contributed by atoms with E-state index >= 15 is 0 Å². The van der Waals surface area contributed by atoms with Crippen LogP contribution in [0.1, 0.15) is 26.2 Å². The van der Waals surface area contributed by atoms with E-state index in [1.807, 2.05) is 11.9 Å². The molecule has 24 heavy (non-hydrogen) atoms. The van der Waals surface area contributed by atoms with Crippen molar-refractivity contribution in [3.05, 3.63) is 29.3 Å².